The predicted octanol–water partition coefficient (Wildman–Crippen LogP) is 8.62. The van der Waals surface area contributed by atoms with E-state index in [9.17, 15) is 9.59 Å². The summed E-state index contributed by atoms with van der Waals surface area (Å²) < 4.78 is 23.8. The lowest BCUT2D eigenvalue weighted by atomic mass is 9.44. The normalized spacial score (nSPS) is 39.6. The average molecular weight is 660 g/mol. The first-order valence-electron chi connectivity index (χ1n) is 19.5. The maximum atomic E-state index is 12.5. The summed E-state index contributed by atoms with van der Waals surface area (Å²) in [6, 6.07) is 0. The van der Waals surface area contributed by atoms with Crippen molar-refractivity contribution < 1.29 is 28.5 Å². The smallest absolute Gasteiger partial charge is 0.308 e. The zero-order chi connectivity index (χ0) is 34.2. The number of fused-ring (bicyclic) bond motifs is 5. The predicted molar refractivity (Wildman–Crippen MR) is 186 cm³/mol. The maximum Gasteiger partial charge on any atom is 0.308 e. The minimum absolute atomic E-state index is 0.0580. The van der Waals surface area contributed by atoms with Crippen molar-refractivity contribution in [2.75, 3.05) is 13.1 Å². The highest BCUT2D eigenvalue weighted by atomic mass is 16.7. The van der Waals surface area contributed by atoms with Gasteiger partial charge in [0.2, 0.25) is 0 Å². The molecule has 1 saturated heterocycles. The number of rotatable bonds is 11. The molecule has 5 fully saturated rings. The molecule has 270 valence electrons. The van der Waals surface area contributed by atoms with Crippen LogP contribution in [0.25, 0.3) is 0 Å². The van der Waals surface area contributed by atoms with Crippen LogP contribution in [0.15, 0.2) is 0 Å². The van der Waals surface area contributed by atoms with E-state index in [0.29, 0.717) is 22.7 Å². The van der Waals surface area contributed by atoms with Crippen LogP contribution < -0.4 is 5.32 Å². The maximum absolute atomic E-state index is 12.5. The minimum atomic E-state index is -0.699. The molecule has 1 N–H and O–H groups in total. The third-order valence-electron chi connectivity index (χ3n) is 13.6. The van der Waals surface area contributed by atoms with Crippen molar-refractivity contribution in [3.8, 4) is 0 Å². The van der Waals surface area contributed by atoms with Gasteiger partial charge < -0.3 is 24.3 Å². The summed E-state index contributed by atoms with van der Waals surface area (Å²) in [4.78, 5) is 24.3. The number of carbonyl (C=O) groups is 2. The van der Waals surface area contributed by atoms with Gasteiger partial charge in [-0.3, -0.25) is 9.59 Å². The van der Waals surface area contributed by atoms with E-state index in [1.54, 1.807) is 6.92 Å². The van der Waals surface area contributed by atoms with Gasteiger partial charge >= 0.3 is 11.9 Å². The molecular formula is C40H69NO6. The fraction of sp³-hybridized carbons (Fsp3) is 0.950. The first-order chi connectivity index (χ1) is 22.0. The Morgan fingerprint density at radius 1 is 0.936 bits per heavy atom. The molecule has 11 atom stereocenters. The molecule has 10 unspecified atom stereocenters. The fourth-order valence-corrected chi connectivity index (χ4v) is 11.6. The van der Waals surface area contributed by atoms with Gasteiger partial charge in [-0.15, -0.1) is 0 Å². The van der Waals surface area contributed by atoms with E-state index in [1.807, 2.05) is 34.6 Å². The number of ether oxygens (including phenoxy) is 4. The standard InChI is InChI=1S/C40H69NO6/c1-10-35(44-27(3)42)26(2)28-15-19-39(9)29(22-28)13-14-32-33(39)16-20-40(18-11-12-34(32)40)25-41-21-17-30-23-31(46-38(7,8)45-30)24-36(43)47-37(4,5)6/h26,28-35,41H,10-25H2,1-9H3/t26?,28?,29?,30?,31?,32?,33?,34?,35-,39?,40?/m0/s1. The van der Waals surface area contributed by atoms with Crippen molar-refractivity contribution in [1.29, 1.82) is 0 Å². The van der Waals surface area contributed by atoms with Crippen LogP contribution in [0, 0.1) is 46.3 Å². The summed E-state index contributed by atoms with van der Waals surface area (Å²) >= 11 is 0. The molecule has 47 heavy (non-hydrogen) atoms. The molecule has 4 saturated carbocycles. The molecule has 1 heterocycles. The van der Waals surface area contributed by atoms with Crippen molar-refractivity contribution in [3.63, 3.8) is 0 Å². The average Bonchev–Trinajstić information content (AvgIpc) is 3.40. The number of hydrogen-bond donors (Lipinski definition) is 1. The van der Waals surface area contributed by atoms with Crippen molar-refractivity contribution in [3.05, 3.63) is 0 Å². The highest BCUT2D eigenvalue weighted by Crippen LogP contribution is 2.67. The largest absolute Gasteiger partial charge is 0.462 e. The SMILES string of the molecule is CC[C@H](OC(C)=O)C(C)C1CCC2(C)C(CCC3C4CCCC4(CNCCC4CC(CC(=O)OC(C)(C)C)OC(C)(C)O4)CCC32)C1. The topological polar surface area (TPSA) is 83.1 Å². The molecule has 0 aromatic rings. The minimum Gasteiger partial charge on any atom is -0.462 e. The van der Waals surface area contributed by atoms with E-state index in [2.05, 4.69) is 26.1 Å². The van der Waals surface area contributed by atoms with Gasteiger partial charge in [-0.2, -0.15) is 0 Å². The van der Waals surface area contributed by atoms with E-state index in [1.165, 1.54) is 64.2 Å². The molecule has 0 bridgehead atoms. The van der Waals surface area contributed by atoms with Crippen LogP contribution in [0.2, 0.25) is 0 Å². The molecule has 0 spiro atoms. The monoisotopic (exact) mass is 660 g/mol. The van der Waals surface area contributed by atoms with Crippen molar-refractivity contribution >= 4 is 11.9 Å². The molecule has 5 aliphatic rings. The van der Waals surface area contributed by atoms with Gasteiger partial charge in [0.05, 0.1) is 18.6 Å². The summed E-state index contributed by atoms with van der Waals surface area (Å²) in [5.74, 6) is 3.49. The summed E-state index contributed by atoms with van der Waals surface area (Å²) in [6.45, 7) is 20.4. The van der Waals surface area contributed by atoms with E-state index >= 15 is 0 Å². The second kappa shape index (κ2) is 14.6. The third kappa shape index (κ3) is 8.59. The Labute approximate surface area is 286 Å². The quantitative estimate of drug-likeness (QED) is 0.176. The van der Waals surface area contributed by atoms with Crippen LogP contribution in [-0.2, 0) is 28.5 Å². The van der Waals surface area contributed by atoms with Crippen LogP contribution >= 0.6 is 0 Å². The number of hydrogen-bond acceptors (Lipinski definition) is 7. The van der Waals surface area contributed by atoms with Gasteiger partial charge in [0.1, 0.15) is 11.7 Å². The van der Waals surface area contributed by atoms with Crippen LogP contribution in [0.3, 0.4) is 0 Å². The summed E-state index contributed by atoms with van der Waals surface area (Å²) in [7, 11) is 0. The molecule has 0 aromatic heterocycles. The van der Waals surface area contributed by atoms with Gasteiger partial charge in [0.15, 0.2) is 5.79 Å². The summed E-state index contributed by atoms with van der Waals surface area (Å²) in [5, 5.41) is 3.94. The number of carbonyl (C=O) groups excluding carboxylic acids is 2. The Morgan fingerprint density at radius 2 is 1.68 bits per heavy atom. The Hall–Kier alpha value is -1.18. The zero-order valence-electron chi connectivity index (χ0n) is 31.5. The Kier molecular flexibility index (Phi) is 11.5. The summed E-state index contributed by atoms with van der Waals surface area (Å²) in [6.07, 6.45) is 16.5. The molecule has 7 heteroatoms. The first kappa shape index (κ1) is 37.1. The lowest BCUT2D eigenvalue weighted by Crippen LogP contribution is -2.55. The molecule has 4 aliphatic carbocycles. The number of esters is 2. The van der Waals surface area contributed by atoms with E-state index in [4.69, 9.17) is 18.9 Å². The highest BCUT2D eigenvalue weighted by molar-refractivity contribution is 5.70. The van der Waals surface area contributed by atoms with Crippen molar-refractivity contribution in [2.24, 2.45) is 46.3 Å². The second-order valence-electron chi connectivity index (χ2n) is 18.3. The lowest BCUT2D eigenvalue weighted by Gasteiger charge is -2.61. The van der Waals surface area contributed by atoms with Gasteiger partial charge in [-0.1, -0.05) is 27.2 Å². The molecule has 7 nitrogen and oxygen atoms in total. The summed E-state index contributed by atoms with van der Waals surface area (Å²) in [5.41, 5.74) is 0.426. The van der Waals surface area contributed by atoms with E-state index in [-0.39, 0.29) is 36.7 Å². The third-order valence-corrected chi connectivity index (χ3v) is 13.6. The Morgan fingerprint density at radius 3 is 2.38 bits per heavy atom. The molecule has 5 rings (SSSR count). The van der Waals surface area contributed by atoms with E-state index < -0.39 is 11.4 Å². The van der Waals surface area contributed by atoms with E-state index in [0.717, 1.165) is 56.0 Å². The van der Waals surface area contributed by atoms with Gasteiger partial charge in [0, 0.05) is 19.9 Å². The van der Waals surface area contributed by atoms with Gasteiger partial charge in [-0.25, -0.2) is 0 Å². The van der Waals surface area contributed by atoms with Crippen LogP contribution in [0.4, 0.5) is 0 Å². The fourth-order valence-electron chi connectivity index (χ4n) is 11.6. The van der Waals surface area contributed by atoms with Crippen LogP contribution in [0.1, 0.15) is 152 Å². The first-order valence-corrected chi connectivity index (χ1v) is 19.5. The Bertz CT molecular complexity index is 1090. The zero-order valence-corrected chi connectivity index (χ0v) is 31.5. The second-order valence-corrected chi connectivity index (χ2v) is 18.3. The van der Waals surface area contributed by atoms with Gasteiger partial charge in [0.25, 0.3) is 0 Å². The molecule has 0 aromatic carbocycles. The van der Waals surface area contributed by atoms with Crippen LogP contribution in [-0.4, -0.2) is 54.7 Å². The highest BCUT2D eigenvalue weighted by Gasteiger charge is 2.59. The van der Waals surface area contributed by atoms with Crippen molar-refractivity contribution in [2.45, 2.75) is 182 Å². The molecule has 0 amide bonds. The number of nitrogens with one attached hydrogen (secondary N) is 1. The molecule has 1 aliphatic heterocycles. The van der Waals surface area contributed by atoms with Gasteiger partial charge in [-0.05, 0) is 158 Å². The molecule has 0 radical (unpaired) electrons. The van der Waals surface area contributed by atoms with Crippen molar-refractivity contribution in [1.82, 2.24) is 5.32 Å². The van der Waals surface area contributed by atoms with Crippen LogP contribution in [0.5, 0.6) is 0 Å². The lowest BCUT2D eigenvalue weighted by molar-refractivity contribution is -0.300. The molecular weight excluding hydrogens is 590 g/mol. The Balaban J connectivity index is 1.13.